The fourth-order valence-corrected chi connectivity index (χ4v) is 2.63. The molecule has 1 aliphatic carbocycles. The van der Waals surface area contributed by atoms with Crippen LogP contribution in [0.25, 0.3) is 0 Å². The summed E-state index contributed by atoms with van der Waals surface area (Å²) in [7, 11) is 1.78. The first-order chi connectivity index (χ1) is 7.63. The van der Waals surface area contributed by atoms with Gasteiger partial charge < -0.3 is 10.2 Å². The normalized spacial score (nSPS) is 25.9. The maximum absolute atomic E-state index is 12.1. The van der Waals surface area contributed by atoms with Crippen LogP contribution >= 0.6 is 0 Å². The molecule has 0 spiro atoms. The average Bonchev–Trinajstić information content (AvgIpc) is 2.62. The number of halogens is 2. The van der Waals surface area contributed by atoms with Gasteiger partial charge in [0.25, 0.3) is 6.43 Å². The minimum absolute atomic E-state index is 0.0986. The SMILES string of the molecule is CCNC1CCCC1CCN(C)CC(F)F. The van der Waals surface area contributed by atoms with Gasteiger partial charge in [-0.1, -0.05) is 13.3 Å². The molecule has 0 aromatic heterocycles. The Kier molecular flexibility index (Phi) is 6.21. The number of hydrogen-bond donors (Lipinski definition) is 1. The Labute approximate surface area is 97.4 Å². The van der Waals surface area contributed by atoms with Crippen molar-refractivity contribution >= 4 is 0 Å². The number of nitrogens with zero attached hydrogens (tertiary/aromatic N) is 1. The third-order valence-corrected chi connectivity index (χ3v) is 3.46. The molecule has 16 heavy (non-hydrogen) atoms. The minimum Gasteiger partial charge on any atom is -0.314 e. The van der Waals surface area contributed by atoms with Gasteiger partial charge in [-0.25, -0.2) is 8.78 Å². The molecular formula is C12H24F2N2. The Balaban J connectivity index is 2.20. The predicted molar refractivity (Wildman–Crippen MR) is 62.9 cm³/mol. The van der Waals surface area contributed by atoms with E-state index in [1.54, 1.807) is 11.9 Å². The van der Waals surface area contributed by atoms with Crippen molar-refractivity contribution < 1.29 is 8.78 Å². The smallest absolute Gasteiger partial charge is 0.251 e. The molecule has 0 heterocycles. The van der Waals surface area contributed by atoms with Crippen LogP contribution < -0.4 is 5.32 Å². The zero-order valence-corrected chi connectivity index (χ0v) is 10.4. The van der Waals surface area contributed by atoms with Crippen LogP contribution in [0.1, 0.15) is 32.6 Å². The minimum atomic E-state index is -2.21. The zero-order valence-electron chi connectivity index (χ0n) is 10.4. The van der Waals surface area contributed by atoms with Crippen LogP contribution in [-0.2, 0) is 0 Å². The van der Waals surface area contributed by atoms with Crippen molar-refractivity contribution in [1.82, 2.24) is 10.2 Å². The van der Waals surface area contributed by atoms with Gasteiger partial charge in [0.05, 0.1) is 6.54 Å². The van der Waals surface area contributed by atoms with Crippen LogP contribution in [0.15, 0.2) is 0 Å². The first kappa shape index (κ1) is 13.8. The van der Waals surface area contributed by atoms with E-state index in [4.69, 9.17) is 0 Å². The molecule has 0 radical (unpaired) electrons. The summed E-state index contributed by atoms with van der Waals surface area (Å²) >= 11 is 0. The van der Waals surface area contributed by atoms with Crippen LogP contribution in [0.5, 0.6) is 0 Å². The quantitative estimate of drug-likeness (QED) is 0.727. The lowest BCUT2D eigenvalue weighted by atomic mass is 9.99. The Morgan fingerprint density at radius 3 is 2.75 bits per heavy atom. The summed E-state index contributed by atoms with van der Waals surface area (Å²) in [4.78, 5) is 1.74. The fourth-order valence-electron chi connectivity index (χ4n) is 2.63. The summed E-state index contributed by atoms with van der Waals surface area (Å²) in [6, 6.07) is 0.616. The van der Waals surface area contributed by atoms with Crippen molar-refractivity contribution in [2.75, 3.05) is 26.7 Å². The molecule has 0 aromatic carbocycles. The van der Waals surface area contributed by atoms with Gasteiger partial charge in [-0.15, -0.1) is 0 Å². The molecule has 1 rings (SSSR count). The van der Waals surface area contributed by atoms with Gasteiger partial charge in [0.2, 0.25) is 0 Å². The Morgan fingerprint density at radius 1 is 1.38 bits per heavy atom. The maximum Gasteiger partial charge on any atom is 0.251 e. The third-order valence-electron chi connectivity index (χ3n) is 3.46. The highest BCUT2D eigenvalue weighted by Crippen LogP contribution is 2.28. The van der Waals surface area contributed by atoms with E-state index in [0.717, 1.165) is 19.5 Å². The van der Waals surface area contributed by atoms with E-state index >= 15 is 0 Å². The largest absolute Gasteiger partial charge is 0.314 e. The second-order valence-corrected chi connectivity index (χ2v) is 4.80. The van der Waals surface area contributed by atoms with Gasteiger partial charge in [-0.2, -0.15) is 0 Å². The van der Waals surface area contributed by atoms with E-state index in [9.17, 15) is 8.78 Å². The molecule has 2 atom stereocenters. The van der Waals surface area contributed by atoms with Crippen LogP contribution in [0.2, 0.25) is 0 Å². The van der Waals surface area contributed by atoms with Gasteiger partial charge in [0, 0.05) is 6.04 Å². The average molecular weight is 234 g/mol. The second kappa shape index (κ2) is 7.17. The second-order valence-electron chi connectivity index (χ2n) is 4.80. The van der Waals surface area contributed by atoms with E-state index in [2.05, 4.69) is 12.2 Å². The fraction of sp³-hybridized carbons (Fsp3) is 1.00. The molecule has 0 amide bonds. The summed E-state index contributed by atoms with van der Waals surface area (Å²) in [5.41, 5.74) is 0. The first-order valence-corrected chi connectivity index (χ1v) is 6.33. The lowest BCUT2D eigenvalue weighted by Gasteiger charge is -2.23. The summed E-state index contributed by atoms with van der Waals surface area (Å²) in [6.07, 6.45) is 2.61. The molecule has 0 aromatic rings. The molecule has 4 heteroatoms. The van der Waals surface area contributed by atoms with Crippen molar-refractivity contribution in [3.63, 3.8) is 0 Å². The molecule has 96 valence electrons. The number of nitrogens with one attached hydrogen (secondary N) is 1. The molecule has 1 aliphatic rings. The van der Waals surface area contributed by atoms with Crippen molar-refractivity contribution in [3.05, 3.63) is 0 Å². The zero-order chi connectivity index (χ0) is 12.0. The lowest BCUT2D eigenvalue weighted by molar-refractivity contribution is 0.0971. The van der Waals surface area contributed by atoms with Gasteiger partial charge in [-0.05, 0) is 45.3 Å². The lowest BCUT2D eigenvalue weighted by Crippen LogP contribution is -2.34. The topological polar surface area (TPSA) is 15.3 Å². The predicted octanol–water partition coefficient (Wildman–Crippen LogP) is 2.35. The van der Waals surface area contributed by atoms with E-state index < -0.39 is 6.43 Å². The van der Waals surface area contributed by atoms with Crippen LogP contribution in [0, 0.1) is 5.92 Å². The van der Waals surface area contributed by atoms with Gasteiger partial charge in [0.1, 0.15) is 0 Å². The van der Waals surface area contributed by atoms with Crippen molar-refractivity contribution in [2.45, 2.75) is 45.1 Å². The Bertz CT molecular complexity index is 188. The standard InChI is InChI=1S/C12H24F2N2/c1-3-15-11-6-4-5-10(11)7-8-16(2)9-12(13)14/h10-12,15H,3-9H2,1-2H3. The highest BCUT2D eigenvalue weighted by molar-refractivity contribution is 4.83. The summed E-state index contributed by atoms with van der Waals surface area (Å²) in [5, 5.41) is 3.49. The molecular weight excluding hydrogens is 210 g/mol. The van der Waals surface area contributed by atoms with E-state index in [0.29, 0.717) is 12.0 Å². The summed E-state index contributed by atoms with van der Waals surface area (Å²) < 4.78 is 24.3. The summed E-state index contributed by atoms with van der Waals surface area (Å²) in [6.45, 7) is 3.82. The van der Waals surface area contributed by atoms with Gasteiger partial charge >= 0.3 is 0 Å². The highest BCUT2D eigenvalue weighted by atomic mass is 19.3. The molecule has 0 bridgehead atoms. The molecule has 0 saturated heterocycles. The van der Waals surface area contributed by atoms with E-state index in [1.807, 2.05) is 0 Å². The molecule has 0 aliphatic heterocycles. The summed E-state index contributed by atoms with van der Waals surface area (Å²) in [5.74, 6) is 0.681. The van der Waals surface area contributed by atoms with Crippen molar-refractivity contribution in [1.29, 1.82) is 0 Å². The molecule has 1 fully saturated rings. The number of rotatable bonds is 7. The number of alkyl halides is 2. The van der Waals surface area contributed by atoms with Crippen molar-refractivity contribution in [2.24, 2.45) is 5.92 Å². The molecule has 2 nitrogen and oxygen atoms in total. The third kappa shape index (κ3) is 4.74. The molecule has 2 unspecified atom stereocenters. The van der Waals surface area contributed by atoms with E-state index in [-0.39, 0.29) is 6.54 Å². The van der Waals surface area contributed by atoms with E-state index in [1.165, 1.54) is 19.3 Å². The monoisotopic (exact) mass is 234 g/mol. The van der Waals surface area contributed by atoms with Crippen LogP contribution in [0.3, 0.4) is 0 Å². The van der Waals surface area contributed by atoms with Crippen LogP contribution in [-0.4, -0.2) is 44.0 Å². The Hall–Kier alpha value is -0.220. The maximum atomic E-state index is 12.1. The highest BCUT2D eigenvalue weighted by Gasteiger charge is 2.26. The first-order valence-electron chi connectivity index (χ1n) is 6.33. The van der Waals surface area contributed by atoms with Crippen molar-refractivity contribution in [3.8, 4) is 0 Å². The van der Waals surface area contributed by atoms with Gasteiger partial charge in [-0.3, -0.25) is 0 Å². The van der Waals surface area contributed by atoms with Gasteiger partial charge in [0.15, 0.2) is 0 Å². The van der Waals surface area contributed by atoms with Crippen LogP contribution in [0.4, 0.5) is 8.78 Å². The Morgan fingerprint density at radius 2 is 2.12 bits per heavy atom. The molecule has 1 saturated carbocycles. The number of hydrogen-bond acceptors (Lipinski definition) is 2. The molecule has 1 N–H and O–H groups in total.